The first-order valence-corrected chi connectivity index (χ1v) is 12.5. The molecule has 1 aliphatic heterocycles. The van der Waals surface area contributed by atoms with E-state index in [0.717, 1.165) is 33.9 Å². The van der Waals surface area contributed by atoms with Gasteiger partial charge in [-0.05, 0) is 59.4 Å². The van der Waals surface area contributed by atoms with Gasteiger partial charge in [-0.2, -0.15) is 0 Å². The number of methoxy groups -OCH3 is 1. The van der Waals surface area contributed by atoms with E-state index < -0.39 is 6.04 Å². The molecule has 36 heavy (non-hydrogen) atoms. The van der Waals surface area contributed by atoms with E-state index in [1.54, 1.807) is 24.1 Å². The SMILES string of the molecule is COc1ccc([C@H]2C3=C(CC(C)(C)CC3=O)Nc3ccccc3N2C(=O)Cc2ccc(Cl)cc2)cc1. The normalized spacial score (nSPS) is 18.6. The Morgan fingerprint density at radius 1 is 1.03 bits per heavy atom. The number of anilines is 2. The molecule has 3 aromatic rings. The summed E-state index contributed by atoms with van der Waals surface area (Å²) in [5.41, 5.74) is 4.64. The predicted octanol–water partition coefficient (Wildman–Crippen LogP) is 6.73. The van der Waals surface area contributed by atoms with Gasteiger partial charge in [-0.25, -0.2) is 0 Å². The van der Waals surface area contributed by atoms with Crippen molar-refractivity contribution in [2.45, 2.75) is 39.2 Å². The van der Waals surface area contributed by atoms with E-state index in [0.29, 0.717) is 23.4 Å². The summed E-state index contributed by atoms with van der Waals surface area (Å²) in [5, 5.41) is 4.17. The molecule has 0 saturated heterocycles. The summed E-state index contributed by atoms with van der Waals surface area (Å²) in [4.78, 5) is 29.6. The molecule has 0 spiro atoms. The highest BCUT2D eigenvalue weighted by Crippen LogP contribution is 2.48. The Morgan fingerprint density at radius 2 is 1.72 bits per heavy atom. The summed E-state index contributed by atoms with van der Waals surface area (Å²) in [7, 11) is 1.62. The maximum atomic E-state index is 14.1. The maximum Gasteiger partial charge on any atom is 0.232 e. The van der Waals surface area contributed by atoms with E-state index in [2.05, 4.69) is 19.2 Å². The molecule has 3 aromatic carbocycles. The fraction of sp³-hybridized carbons (Fsp3) is 0.267. The molecule has 1 atom stereocenters. The van der Waals surface area contributed by atoms with Crippen LogP contribution in [0.4, 0.5) is 11.4 Å². The lowest BCUT2D eigenvalue weighted by Crippen LogP contribution is -2.40. The van der Waals surface area contributed by atoms with Crippen molar-refractivity contribution in [2.24, 2.45) is 5.41 Å². The minimum atomic E-state index is -0.564. The molecule has 0 fully saturated rings. The molecule has 5 rings (SSSR count). The molecular formula is C30H29ClN2O3. The highest BCUT2D eigenvalue weighted by molar-refractivity contribution is 6.30. The molecule has 0 bridgehead atoms. The standard InChI is InChI=1S/C30H29ClN2O3/c1-30(2)17-24-28(26(34)18-30)29(20-10-14-22(36-3)15-11-20)33(25-7-5-4-6-23(25)32-24)27(35)16-19-8-12-21(31)13-9-19/h4-15,29,32H,16-18H2,1-3H3/t29-/m0/s1. The van der Waals surface area contributed by atoms with E-state index in [-0.39, 0.29) is 23.5 Å². The highest BCUT2D eigenvalue weighted by Gasteiger charge is 2.43. The van der Waals surface area contributed by atoms with Gasteiger partial charge in [0.2, 0.25) is 5.91 Å². The first-order chi connectivity index (χ1) is 17.3. The third-order valence-electron chi connectivity index (χ3n) is 6.87. The molecule has 0 radical (unpaired) electrons. The average molecular weight is 501 g/mol. The molecule has 0 unspecified atom stereocenters. The lowest BCUT2D eigenvalue weighted by molar-refractivity contribution is -0.119. The van der Waals surface area contributed by atoms with Crippen molar-refractivity contribution in [3.63, 3.8) is 0 Å². The number of Topliss-reactive ketones (excluding diaryl/α,β-unsaturated/α-hetero) is 1. The zero-order valence-corrected chi connectivity index (χ0v) is 21.4. The van der Waals surface area contributed by atoms with Gasteiger partial charge in [-0.15, -0.1) is 0 Å². The van der Waals surface area contributed by atoms with E-state index >= 15 is 0 Å². The van der Waals surface area contributed by atoms with Crippen LogP contribution in [0.3, 0.4) is 0 Å². The van der Waals surface area contributed by atoms with Crippen molar-refractivity contribution >= 4 is 34.7 Å². The Balaban J connectivity index is 1.70. The molecule has 0 saturated carbocycles. The number of hydrogen-bond acceptors (Lipinski definition) is 4. The quantitative estimate of drug-likeness (QED) is 0.431. The zero-order valence-electron chi connectivity index (χ0n) is 20.7. The van der Waals surface area contributed by atoms with Crippen molar-refractivity contribution in [1.29, 1.82) is 0 Å². The van der Waals surface area contributed by atoms with Gasteiger partial charge in [-0.3, -0.25) is 14.5 Å². The number of amides is 1. The van der Waals surface area contributed by atoms with Crippen LogP contribution >= 0.6 is 11.6 Å². The first kappa shape index (κ1) is 24.1. The monoisotopic (exact) mass is 500 g/mol. The Labute approximate surface area is 216 Å². The second kappa shape index (κ2) is 9.47. The number of allylic oxidation sites excluding steroid dienone is 1. The second-order valence-electron chi connectivity index (χ2n) is 10.2. The molecule has 2 aliphatic rings. The van der Waals surface area contributed by atoms with Crippen molar-refractivity contribution in [3.8, 4) is 5.75 Å². The molecule has 0 aromatic heterocycles. The van der Waals surface area contributed by atoms with Gasteiger partial charge >= 0.3 is 0 Å². The maximum absolute atomic E-state index is 14.1. The number of nitrogens with zero attached hydrogens (tertiary/aromatic N) is 1. The summed E-state index contributed by atoms with van der Waals surface area (Å²) in [6.45, 7) is 4.22. The minimum absolute atomic E-state index is 0.0617. The fourth-order valence-electron chi connectivity index (χ4n) is 5.23. The summed E-state index contributed by atoms with van der Waals surface area (Å²) in [6.07, 6.45) is 1.32. The van der Waals surface area contributed by atoms with Gasteiger partial charge in [0.25, 0.3) is 0 Å². The van der Waals surface area contributed by atoms with Crippen molar-refractivity contribution in [1.82, 2.24) is 0 Å². The molecule has 1 heterocycles. The first-order valence-electron chi connectivity index (χ1n) is 12.1. The van der Waals surface area contributed by atoms with Crippen LogP contribution in [0.15, 0.2) is 84.1 Å². The van der Waals surface area contributed by atoms with E-state index in [1.807, 2.05) is 60.7 Å². The van der Waals surface area contributed by atoms with Crippen molar-refractivity contribution < 1.29 is 14.3 Å². The predicted molar refractivity (Wildman–Crippen MR) is 143 cm³/mol. The summed E-state index contributed by atoms with van der Waals surface area (Å²) >= 11 is 6.07. The van der Waals surface area contributed by atoms with Gasteiger partial charge in [0.1, 0.15) is 5.75 Å². The molecule has 1 N–H and O–H groups in total. The van der Waals surface area contributed by atoms with Gasteiger partial charge in [0, 0.05) is 22.7 Å². The number of rotatable bonds is 4. The minimum Gasteiger partial charge on any atom is -0.497 e. The fourth-order valence-corrected chi connectivity index (χ4v) is 5.35. The molecule has 1 amide bonds. The summed E-state index contributed by atoms with van der Waals surface area (Å²) < 4.78 is 5.37. The smallest absolute Gasteiger partial charge is 0.232 e. The number of carbonyl (C=O) groups excluding carboxylic acids is 2. The third kappa shape index (κ3) is 4.63. The molecular weight excluding hydrogens is 472 g/mol. The lowest BCUT2D eigenvalue weighted by atomic mass is 9.73. The van der Waals surface area contributed by atoms with Crippen LogP contribution in [-0.2, 0) is 16.0 Å². The average Bonchev–Trinajstić information content (AvgIpc) is 2.99. The van der Waals surface area contributed by atoms with Crippen LogP contribution in [0.25, 0.3) is 0 Å². The Hall–Kier alpha value is -3.57. The number of para-hydroxylation sites is 2. The van der Waals surface area contributed by atoms with Crippen LogP contribution in [0, 0.1) is 5.41 Å². The van der Waals surface area contributed by atoms with E-state index in [4.69, 9.17) is 16.3 Å². The number of fused-ring (bicyclic) bond motifs is 1. The van der Waals surface area contributed by atoms with Crippen LogP contribution < -0.4 is 15.0 Å². The largest absolute Gasteiger partial charge is 0.497 e. The third-order valence-corrected chi connectivity index (χ3v) is 7.12. The van der Waals surface area contributed by atoms with Gasteiger partial charge in [-0.1, -0.05) is 61.8 Å². The zero-order chi connectivity index (χ0) is 25.4. The van der Waals surface area contributed by atoms with E-state index in [9.17, 15) is 9.59 Å². The van der Waals surface area contributed by atoms with Crippen LogP contribution in [-0.4, -0.2) is 18.8 Å². The Kier molecular flexibility index (Phi) is 6.35. The Morgan fingerprint density at radius 3 is 2.42 bits per heavy atom. The number of carbonyl (C=O) groups is 2. The van der Waals surface area contributed by atoms with Gasteiger partial charge in [0.05, 0.1) is 30.9 Å². The molecule has 5 nitrogen and oxygen atoms in total. The second-order valence-corrected chi connectivity index (χ2v) is 10.7. The topological polar surface area (TPSA) is 58.6 Å². The lowest BCUT2D eigenvalue weighted by Gasteiger charge is -2.37. The van der Waals surface area contributed by atoms with Crippen molar-refractivity contribution in [3.05, 3.63) is 100 Å². The highest BCUT2D eigenvalue weighted by atomic mass is 35.5. The van der Waals surface area contributed by atoms with Crippen LogP contribution in [0.5, 0.6) is 5.75 Å². The number of benzene rings is 3. The molecule has 184 valence electrons. The number of halogens is 1. The van der Waals surface area contributed by atoms with Crippen LogP contribution in [0.1, 0.15) is 43.9 Å². The van der Waals surface area contributed by atoms with Gasteiger partial charge in [0.15, 0.2) is 5.78 Å². The molecule has 6 heteroatoms. The number of nitrogens with one attached hydrogen (secondary N) is 1. The number of ketones is 1. The number of ether oxygens (including phenoxy) is 1. The Bertz CT molecular complexity index is 1340. The summed E-state index contributed by atoms with van der Waals surface area (Å²) in [5.74, 6) is 0.681. The van der Waals surface area contributed by atoms with Crippen molar-refractivity contribution in [2.75, 3.05) is 17.3 Å². The van der Waals surface area contributed by atoms with E-state index in [1.165, 1.54) is 0 Å². The molecule has 1 aliphatic carbocycles. The van der Waals surface area contributed by atoms with Crippen LogP contribution in [0.2, 0.25) is 5.02 Å². The van der Waals surface area contributed by atoms with Gasteiger partial charge < -0.3 is 10.1 Å². The summed E-state index contributed by atoms with van der Waals surface area (Å²) in [6, 6.07) is 22.1. The number of hydrogen-bond donors (Lipinski definition) is 1.